The Balaban J connectivity index is 1.63. The number of benzene rings is 2. The van der Waals surface area contributed by atoms with Gasteiger partial charge in [0.05, 0.1) is 23.2 Å². The second kappa shape index (κ2) is 9.29. The Morgan fingerprint density at radius 2 is 1.93 bits per heavy atom. The number of carbonyl (C=O) groups excluding carboxylic acids is 3. The number of anilines is 1. The van der Waals surface area contributed by atoms with E-state index in [9.17, 15) is 14.4 Å². The molecule has 6 nitrogen and oxygen atoms in total. The van der Waals surface area contributed by atoms with E-state index in [0.29, 0.717) is 23.1 Å². The Labute approximate surface area is 178 Å². The second-order valence-corrected chi connectivity index (χ2v) is 7.30. The van der Waals surface area contributed by atoms with Gasteiger partial charge in [-0.2, -0.15) is 0 Å². The molecule has 0 aromatic heterocycles. The van der Waals surface area contributed by atoms with Gasteiger partial charge in [0, 0.05) is 23.6 Å². The number of Topliss-reactive ketones (excluding diaryl/α,β-unsaturated/α-hetero) is 1. The standard InChI is InChI=1S/C21H19Cl2NO5/c1-2-28-19-6-4-3-5-17(19)24-11-13(9-20(24)26)21(27)29-12-18(25)15-8-7-14(22)10-16(15)23/h3-8,10,13H,2,9,11-12H2,1H3/t13-/m1/s1. The number of esters is 1. The first-order chi connectivity index (χ1) is 13.9. The molecule has 0 bridgehead atoms. The fraction of sp³-hybridized carbons (Fsp3) is 0.286. The Bertz CT molecular complexity index is 946. The number of nitrogens with zero attached hydrogens (tertiary/aromatic N) is 1. The zero-order valence-electron chi connectivity index (χ0n) is 15.7. The zero-order chi connectivity index (χ0) is 21.0. The lowest BCUT2D eigenvalue weighted by Crippen LogP contribution is -2.27. The molecule has 1 aliphatic rings. The first-order valence-electron chi connectivity index (χ1n) is 9.07. The quantitative estimate of drug-likeness (QED) is 0.481. The summed E-state index contributed by atoms with van der Waals surface area (Å²) in [7, 11) is 0. The van der Waals surface area contributed by atoms with E-state index in [2.05, 4.69) is 0 Å². The van der Waals surface area contributed by atoms with Crippen molar-refractivity contribution < 1.29 is 23.9 Å². The van der Waals surface area contributed by atoms with Crippen LogP contribution in [0.1, 0.15) is 23.7 Å². The van der Waals surface area contributed by atoms with Gasteiger partial charge in [-0.05, 0) is 37.3 Å². The van der Waals surface area contributed by atoms with Crippen molar-refractivity contribution in [2.45, 2.75) is 13.3 Å². The molecule has 3 rings (SSSR count). The van der Waals surface area contributed by atoms with E-state index in [-0.39, 0.29) is 29.5 Å². The third-order valence-corrected chi connectivity index (χ3v) is 5.04. The molecule has 8 heteroatoms. The highest BCUT2D eigenvalue weighted by Gasteiger charge is 2.37. The fourth-order valence-electron chi connectivity index (χ4n) is 3.10. The molecule has 0 saturated carbocycles. The van der Waals surface area contributed by atoms with Gasteiger partial charge in [0.1, 0.15) is 5.75 Å². The van der Waals surface area contributed by atoms with Gasteiger partial charge in [0.2, 0.25) is 11.7 Å². The van der Waals surface area contributed by atoms with E-state index in [0.717, 1.165) is 0 Å². The summed E-state index contributed by atoms with van der Waals surface area (Å²) in [6, 6.07) is 11.6. The lowest BCUT2D eigenvalue weighted by Gasteiger charge is -2.19. The van der Waals surface area contributed by atoms with Crippen LogP contribution in [0.2, 0.25) is 10.0 Å². The third-order valence-electron chi connectivity index (χ3n) is 4.49. The van der Waals surface area contributed by atoms with Crippen LogP contribution in [0.15, 0.2) is 42.5 Å². The molecular formula is C21H19Cl2NO5. The van der Waals surface area contributed by atoms with Crippen molar-refractivity contribution in [1.82, 2.24) is 0 Å². The van der Waals surface area contributed by atoms with Crippen molar-refractivity contribution in [2.24, 2.45) is 5.92 Å². The van der Waals surface area contributed by atoms with Gasteiger partial charge in [-0.1, -0.05) is 35.3 Å². The molecule has 0 unspecified atom stereocenters. The summed E-state index contributed by atoms with van der Waals surface area (Å²) < 4.78 is 10.7. The molecule has 1 amide bonds. The second-order valence-electron chi connectivity index (χ2n) is 6.46. The van der Waals surface area contributed by atoms with Crippen molar-refractivity contribution in [3.8, 4) is 5.75 Å². The summed E-state index contributed by atoms with van der Waals surface area (Å²) in [5.74, 6) is -1.34. The number of amides is 1. The molecule has 0 N–H and O–H groups in total. The van der Waals surface area contributed by atoms with E-state index in [1.54, 1.807) is 18.2 Å². The number of rotatable bonds is 7. The highest BCUT2D eigenvalue weighted by Crippen LogP contribution is 2.33. The lowest BCUT2D eigenvalue weighted by molar-refractivity contribution is -0.147. The van der Waals surface area contributed by atoms with Crippen LogP contribution in [0.25, 0.3) is 0 Å². The summed E-state index contributed by atoms with van der Waals surface area (Å²) in [5, 5.41) is 0.591. The summed E-state index contributed by atoms with van der Waals surface area (Å²) in [6.45, 7) is 2.02. The number of hydrogen-bond acceptors (Lipinski definition) is 5. The Kier molecular flexibility index (Phi) is 6.77. The Hall–Kier alpha value is -2.57. The molecular weight excluding hydrogens is 417 g/mol. The topological polar surface area (TPSA) is 72.9 Å². The Morgan fingerprint density at radius 3 is 2.66 bits per heavy atom. The van der Waals surface area contributed by atoms with E-state index < -0.39 is 24.3 Å². The van der Waals surface area contributed by atoms with E-state index in [4.69, 9.17) is 32.7 Å². The van der Waals surface area contributed by atoms with Crippen LogP contribution in [0.5, 0.6) is 5.75 Å². The summed E-state index contributed by atoms with van der Waals surface area (Å²) in [4.78, 5) is 38.6. The molecule has 0 spiro atoms. The minimum absolute atomic E-state index is 0.00911. The average Bonchev–Trinajstić information content (AvgIpc) is 3.08. The van der Waals surface area contributed by atoms with Crippen LogP contribution < -0.4 is 9.64 Å². The van der Waals surface area contributed by atoms with Crippen molar-refractivity contribution >= 4 is 46.5 Å². The van der Waals surface area contributed by atoms with Gasteiger partial charge >= 0.3 is 5.97 Å². The lowest BCUT2D eigenvalue weighted by atomic mass is 10.1. The number of hydrogen-bond donors (Lipinski definition) is 0. The first-order valence-corrected chi connectivity index (χ1v) is 9.83. The minimum Gasteiger partial charge on any atom is -0.492 e. The van der Waals surface area contributed by atoms with Crippen LogP contribution in [0.4, 0.5) is 5.69 Å². The highest BCUT2D eigenvalue weighted by atomic mass is 35.5. The number of carbonyl (C=O) groups is 3. The smallest absolute Gasteiger partial charge is 0.311 e. The molecule has 1 heterocycles. The normalized spacial score (nSPS) is 16.0. The van der Waals surface area contributed by atoms with Gasteiger partial charge in [-0.25, -0.2) is 0 Å². The summed E-state index contributed by atoms with van der Waals surface area (Å²) >= 11 is 11.8. The van der Waals surface area contributed by atoms with Crippen molar-refractivity contribution in [3.63, 3.8) is 0 Å². The van der Waals surface area contributed by atoms with Crippen LogP contribution in [0.3, 0.4) is 0 Å². The fourth-order valence-corrected chi connectivity index (χ4v) is 3.62. The highest BCUT2D eigenvalue weighted by molar-refractivity contribution is 6.36. The Morgan fingerprint density at radius 1 is 1.17 bits per heavy atom. The van der Waals surface area contributed by atoms with Gasteiger partial charge < -0.3 is 14.4 Å². The summed E-state index contributed by atoms with van der Waals surface area (Å²) in [5.41, 5.74) is 0.831. The molecule has 1 atom stereocenters. The van der Waals surface area contributed by atoms with Gasteiger partial charge in [-0.3, -0.25) is 14.4 Å². The number of halogens is 2. The predicted octanol–water partition coefficient (Wildman–Crippen LogP) is 4.17. The molecule has 1 fully saturated rings. The molecule has 2 aromatic rings. The molecule has 0 aliphatic carbocycles. The number of para-hydroxylation sites is 2. The molecule has 29 heavy (non-hydrogen) atoms. The van der Waals surface area contributed by atoms with Crippen LogP contribution in [0, 0.1) is 5.92 Å². The monoisotopic (exact) mass is 435 g/mol. The maximum atomic E-state index is 12.4. The molecule has 2 aromatic carbocycles. The van der Waals surface area contributed by atoms with E-state index >= 15 is 0 Å². The van der Waals surface area contributed by atoms with Crippen LogP contribution in [-0.4, -0.2) is 37.4 Å². The van der Waals surface area contributed by atoms with Gasteiger partial charge in [-0.15, -0.1) is 0 Å². The van der Waals surface area contributed by atoms with E-state index in [1.165, 1.54) is 23.1 Å². The van der Waals surface area contributed by atoms with Crippen molar-refractivity contribution in [3.05, 3.63) is 58.1 Å². The minimum atomic E-state index is -0.661. The predicted molar refractivity (Wildman–Crippen MR) is 110 cm³/mol. The van der Waals surface area contributed by atoms with Gasteiger partial charge in [0.25, 0.3) is 0 Å². The SMILES string of the molecule is CCOc1ccccc1N1C[C@H](C(=O)OCC(=O)c2ccc(Cl)cc2Cl)CC1=O. The van der Waals surface area contributed by atoms with Crippen molar-refractivity contribution in [2.75, 3.05) is 24.7 Å². The zero-order valence-corrected chi connectivity index (χ0v) is 17.2. The summed E-state index contributed by atoms with van der Waals surface area (Å²) in [6.07, 6.45) is 0.00911. The molecule has 1 aliphatic heterocycles. The number of ether oxygens (including phenoxy) is 2. The first kappa shape index (κ1) is 21.1. The van der Waals surface area contributed by atoms with Gasteiger partial charge in [0.15, 0.2) is 6.61 Å². The van der Waals surface area contributed by atoms with Crippen molar-refractivity contribution in [1.29, 1.82) is 0 Å². The van der Waals surface area contributed by atoms with Crippen LogP contribution >= 0.6 is 23.2 Å². The maximum absolute atomic E-state index is 12.4. The van der Waals surface area contributed by atoms with Crippen LogP contribution in [-0.2, 0) is 14.3 Å². The molecule has 152 valence electrons. The third kappa shape index (κ3) is 4.89. The maximum Gasteiger partial charge on any atom is 0.311 e. The molecule has 0 radical (unpaired) electrons. The largest absolute Gasteiger partial charge is 0.492 e. The number of ketones is 1. The van der Waals surface area contributed by atoms with E-state index in [1.807, 2.05) is 13.0 Å². The average molecular weight is 436 g/mol. The molecule has 1 saturated heterocycles.